The SMILES string of the molecule is COCCN1C(=O)c2ccccc2[C@@H](C(=O)Nc2ccc(C(C)=O)cc2)C12CCCCC2. The second kappa shape index (κ2) is 9.25. The number of hydrogen-bond acceptors (Lipinski definition) is 4. The molecule has 2 aromatic carbocycles. The highest BCUT2D eigenvalue weighted by atomic mass is 16.5. The van der Waals surface area contributed by atoms with Crippen molar-refractivity contribution in [2.45, 2.75) is 50.5 Å². The Balaban J connectivity index is 1.75. The van der Waals surface area contributed by atoms with Crippen LogP contribution in [0.3, 0.4) is 0 Å². The lowest BCUT2D eigenvalue weighted by Crippen LogP contribution is -2.62. The Morgan fingerprint density at radius 2 is 1.75 bits per heavy atom. The quantitative estimate of drug-likeness (QED) is 0.683. The van der Waals surface area contributed by atoms with E-state index < -0.39 is 11.5 Å². The van der Waals surface area contributed by atoms with Gasteiger partial charge in [-0.1, -0.05) is 37.5 Å². The second-order valence-electron chi connectivity index (χ2n) is 8.76. The van der Waals surface area contributed by atoms with Gasteiger partial charge in [-0.15, -0.1) is 0 Å². The first-order valence-electron chi connectivity index (χ1n) is 11.3. The predicted molar refractivity (Wildman–Crippen MR) is 123 cm³/mol. The standard InChI is InChI=1S/C26H30N2O4/c1-18(29)19-10-12-20(13-11-19)27-24(30)23-21-8-4-5-9-22(21)25(31)28(16-17-32-2)26(23)14-6-3-7-15-26/h4-5,8-13,23H,3,6-7,14-17H2,1-2H3,(H,27,30)/t23-/m0/s1. The van der Waals surface area contributed by atoms with Crippen LogP contribution in [0.4, 0.5) is 5.69 Å². The van der Waals surface area contributed by atoms with Gasteiger partial charge >= 0.3 is 0 Å². The maximum absolute atomic E-state index is 13.8. The molecule has 1 aliphatic heterocycles. The van der Waals surface area contributed by atoms with E-state index >= 15 is 0 Å². The van der Waals surface area contributed by atoms with E-state index in [0.29, 0.717) is 30.0 Å². The normalized spacial score (nSPS) is 19.5. The highest BCUT2D eigenvalue weighted by Gasteiger charge is 2.54. The molecule has 0 radical (unpaired) electrons. The van der Waals surface area contributed by atoms with E-state index in [0.717, 1.165) is 37.7 Å². The fourth-order valence-corrected chi connectivity index (χ4v) is 5.35. The van der Waals surface area contributed by atoms with Crippen LogP contribution in [0, 0.1) is 0 Å². The van der Waals surface area contributed by atoms with Crippen LogP contribution in [-0.4, -0.2) is 48.3 Å². The van der Waals surface area contributed by atoms with Gasteiger partial charge in [-0.05, 0) is 55.7 Å². The summed E-state index contributed by atoms with van der Waals surface area (Å²) in [4.78, 5) is 40.8. The highest BCUT2D eigenvalue weighted by Crippen LogP contribution is 2.49. The molecule has 1 spiro atoms. The minimum absolute atomic E-state index is 0.0162. The van der Waals surface area contributed by atoms with Crippen LogP contribution in [-0.2, 0) is 9.53 Å². The Bertz CT molecular complexity index is 1010. The van der Waals surface area contributed by atoms with Gasteiger partial charge in [0.2, 0.25) is 5.91 Å². The van der Waals surface area contributed by atoms with E-state index in [-0.39, 0.29) is 17.6 Å². The summed E-state index contributed by atoms with van der Waals surface area (Å²) in [6.07, 6.45) is 4.65. The van der Waals surface area contributed by atoms with Crippen molar-refractivity contribution < 1.29 is 19.1 Å². The minimum atomic E-state index is -0.564. The van der Waals surface area contributed by atoms with Gasteiger partial charge in [0.1, 0.15) is 0 Å². The Morgan fingerprint density at radius 3 is 2.41 bits per heavy atom. The van der Waals surface area contributed by atoms with Crippen molar-refractivity contribution in [1.29, 1.82) is 0 Å². The minimum Gasteiger partial charge on any atom is -0.383 e. The molecule has 6 heteroatoms. The lowest BCUT2D eigenvalue weighted by molar-refractivity contribution is -0.122. The van der Waals surface area contributed by atoms with E-state index in [1.807, 2.05) is 29.2 Å². The molecule has 2 amide bonds. The summed E-state index contributed by atoms with van der Waals surface area (Å²) in [5.41, 5.74) is 2.07. The first-order chi connectivity index (χ1) is 15.5. The Kier molecular flexibility index (Phi) is 6.42. The zero-order chi connectivity index (χ0) is 22.7. The molecule has 1 atom stereocenters. The lowest BCUT2D eigenvalue weighted by Gasteiger charge is -2.53. The third-order valence-corrected chi connectivity index (χ3v) is 6.88. The molecule has 2 aromatic rings. The number of nitrogens with zero attached hydrogens (tertiary/aromatic N) is 1. The molecule has 0 saturated heterocycles. The summed E-state index contributed by atoms with van der Waals surface area (Å²) in [5, 5.41) is 3.06. The molecule has 0 bridgehead atoms. The number of fused-ring (bicyclic) bond motifs is 1. The van der Waals surface area contributed by atoms with Crippen molar-refractivity contribution in [1.82, 2.24) is 4.90 Å². The maximum atomic E-state index is 13.8. The number of ketones is 1. The second-order valence-corrected chi connectivity index (χ2v) is 8.76. The van der Waals surface area contributed by atoms with E-state index in [1.54, 1.807) is 31.4 Å². The number of amides is 2. The zero-order valence-electron chi connectivity index (χ0n) is 18.7. The summed E-state index contributed by atoms with van der Waals surface area (Å²) in [5.74, 6) is -0.627. The molecular weight excluding hydrogens is 404 g/mol. The van der Waals surface area contributed by atoms with Crippen LogP contribution in [0.15, 0.2) is 48.5 Å². The number of nitrogens with one attached hydrogen (secondary N) is 1. The van der Waals surface area contributed by atoms with Crippen LogP contribution < -0.4 is 5.32 Å². The van der Waals surface area contributed by atoms with Crippen molar-refractivity contribution >= 4 is 23.3 Å². The molecule has 1 heterocycles. The predicted octanol–water partition coefficient (Wildman–Crippen LogP) is 4.42. The summed E-state index contributed by atoms with van der Waals surface area (Å²) in [7, 11) is 1.63. The van der Waals surface area contributed by atoms with Crippen LogP contribution in [0.1, 0.15) is 71.2 Å². The number of carbonyl (C=O) groups excluding carboxylic acids is 3. The first-order valence-corrected chi connectivity index (χ1v) is 11.3. The highest BCUT2D eigenvalue weighted by molar-refractivity contribution is 6.05. The van der Waals surface area contributed by atoms with Crippen molar-refractivity contribution in [2.75, 3.05) is 25.6 Å². The Hall–Kier alpha value is -2.99. The smallest absolute Gasteiger partial charge is 0.254 e. The average molecular weight is 435 g/mol. The number of hydrogen-bond donors (Lipinski definition) is 1. The number of carbonyl (C=O) groups is 3. The van der Waals surface area contributed by atoms with Gasteiger partial charge in [-0.3, -0.25) is 14.4 Å². The van der Waals surface area contributed by atoms with Gasteiger partial charge in [0.15, 0.2) is 5.78 Å². The average Bonchev–Trinajstić information content (AvgIpc) is 2.80. The first kappa shape index (κ1) is 22.2. The zero-order valence-corrected chi connectivity index (χ0v) is 18.7. The number of methoxy groups -OCH3 is 1. The van der Waals surface area contributed by atoms with Crippen molar-refractivity contribution in [2.24, 2.45) is 0 Å². The molecule has 32 heavy (non-hydrogen) atoms. The number of ether oxygens (including phenoxy) is 1. The van der Waals surface area contributed by atoms with Gasteiger partial charge in [0.25, 0.3) is 5.91 Å². The van der Waals surface area contributed by atoms with Crippen molar-refractivity contribution in [3.8, 4) is 0 Å². The fraction of sp³-hybridized carbons (Fsp3) is 0.423. The van der Waals surface area contributed by atoms with Crippen molar-refractivity contribution in [3.63, 3.8) is 0 Å². The number of rotatable bonds is 6. The third-order valence-electron chi connectivity index (χ3n) is 6.88. The summed E-state index contributed by atoms with van der Waals surface area (Å²) in [6.45, 7) is 2.41. The topological polar surface area (TPSA) is 75.7 Å². The van der Waals surface area contributed by atoms with Crippen molar-refractivity contribution in [3.05, 3.63) is 65.2 Å². The third kappa shape index (κ3) is 3.95. The molecule has 4 rings (SSSR count). The molecule has 1 saturated carbocycles. The largest absolute Gasteiger partial charge is 0.383 e. The van der Waals surface area contributed by atoms with Gasteiger partial charge < -0.3 is 15.0 Å². The summed E-state index contributed by atoms with van der Waals surface area (Å²) < 4.78 is 5.31. The lowest BCUT2D eigenvalue weighted by atomic mass is 9.65. The van der Waals surface area contributed by atoms with Gasteiger partial charge in [-0.25, -0.2) is 0 Å². The molecule has 1 fully saturated rings. The number of Topliss-reactive ketones (excluding diaryl/α,β-unsaturated/α-hetero) is 1. The Labute approximate surface area is 188 Å². The molecule has 0 unspecified atom stereocenters. The molecule has 0 aromatic heterocycles. The van der Waals surface area contributed by atoms with Gasteiger partial charge in [-0.2, -0.15) is 0 Å². The summed E-state index contributed by atoms with van der Waals surface area (Å²) in [6, 6.07) is 14.4. The number of anilines is 1. The van der Waals surface area contributed by atoms with Gasteiger partial charge in [0.05, 0.1) is 18.1 Å². The van der Waals surface area contributed by atoms with E-state index in [9.17, 15) is 14.4 Å². The molecule has 1 N–H and O–H groups in total. The fourth-order valence-electron chi connectivity index (χ4n) is 5.35. The van der Waals surface area contributed by atoms with Crippen LogP contribution in [0.25, 0.3) is 0 Å². The van der Waals surface area contributed by atoms with E-state index in [2.05, 4.69) is 5.32 Å². The Morgan fingerprint density at radius 1 is 1.06 bits per heavy atom. The number of benzene rings is 2. The van der Waals surface area contributed by atoms with Gasteiger partial charge in [0, 0.05) is 30.5 Å². The monoisotopic (exact) mass is 434 g/mol. The molecule has 2 aliphatic rings. The maximum Gasteiger partial charge on any atom is 0.254 e. The van der Waals surface area contributed by atoms with Crippen LogP contribution in [0.2, 0.25) is 0 Å². The van der Waals surface area contributed by atoms with Crippen LogP contribution >= 0.6 is 0 Å². The van der Waals surface area contributed by atoms with E-state index in [4.69, 9.17) is 4.74 Å². The van der Waals surface area contributed by atoms with Crippen LogP contribution in [0.5, 0.6) is 0 Å². The molecular formula is C26H30N2O4. The molecule has 6 nitrogen and oxygen atoms in total. The molecule has 1 aliphatic carbocycles. The summed E-state index contributed by atoms with van der Waals surface area (Å²) >= 11 is 0. The molecule has 168 valence electrons. The van der Waals surface area contributed by atoms with E-state index in [1.165, 1.54) is 6.92 Å².